The number of aromatic nitrogens is 2. The van der Waals surface area contributed by atoms with Gasteiger partial charge in [0.25, 0.3) is 0 Å². The summed E-state index contributed by atoms with van der Waals surface area (Å²) in [5, 5.41) is 2.93. The number of hydrogen-bond acceptors (Lipinski definition) is 2. The highest BCUT2D eigenvalue weighted by molar-refractivity contribution is 5.09. The lowest BCUT2D eigenvalue weighted by atomic mass is 10.2. The molecule has 6 heteroatoms. The summed E-state index contributed by atoms with van der Waals surface area (Å²) in [7, 11) is 0. The van der Waals surface area contributed by atoms with Crippen LogP contribution in [0, 0.1) is 0 Å². The fourth-order valence-electron chi connectivity index (χ4n) is 2.13. The van der Waals surface area contributed by atoms with Gasteiger partial charge >= 0.3 is 6.18 Å². The molecule has 0 amide bonds. The topological polar surface area (TPSA) is 29.9 Å². The molecule has 1 atom stereocenters. The van der Waals surface area contributed by atoms with Crippen LogP contribution < -0.4 is 5.32 Å². The van der Waals surface area contributed by atoms with Crippen LogP contribution in [-0.2, 0) is 13.0 Å². The molecule has 1 aliphatic heterocycles. The molecule has 1 N–H and O–H groups in total. The van der Waals surface area contributed by atoms with E-state index in [1.54, 1.807) is 0 Å². The second-order valence-electron chi connectivity index (χ2n) is 4.32. The van der Waals surface area contributed by atoms with Crippen molar-refractivity contribution in [1.82, 2.24) is 14.9 Å². The van der Waals surface area contributed by atoms with Crippen molar-refractivity contribution in [1.29, 1.82) is 0 Å². The van der Waals surface area contributed by atoms with Crippen molar-refractivity contribution in [2.24, 2.45) is 0 Å². The molecule has 17 heavy (non-hydrogen) atoms. The van der Waals surface area contributed by atoms with E-state index in [2.05, 4.69) is 10.3 Å². The zero-order chi connectivity index (χ0) is 12.5. The molecule has 1 aliphatic rings. The number of fused-ring (bicyclic) bond motifs is 1. The second kappa shape index (κ2) is 4.68. The predicted molar refractivity (Wildman–Crippen MR) is 57.6 cm³/mol. The van der Waals surface area contributed by atoms with Crippen molar-refractivity contribution < 1.29 is 13.2 Å². The first-order valence-corrected chi connectivity index (χ1v) is 5.85. The van der Waals surface area contributed by atoms with Gasteiger partial charge < -0.3 is 9.88 Å². The third-order valence-electron chi connectivity index (χ3n) is 2.93. The summed E-state index contributed by atoms with van der Waals surface area (Å²) in [4.78, 5) is 4.30. The van der Waals surface area contributed by atoms with Crippen molar-refractivity contribution in [3.8, 4) is 0 Å². The van der Waals surface area contributed by atoms with Gasteiger partial charge in [-0.05, 0) is 19.4 Å². The van der Waals surface area contributed by atoms with Gasteiger partial charge in [0.2, 0.25) is 0 Å². The van der Waals surface area contributed by atoms with E-state index in [0.29, 0.717) is 12.4 Å². The van der Waals surface area contributed by atoms with Gasteiger partial charge in [0.1, 0.15) is 5.82 Å². The van der Waals surface area contributed by atoms with Crippen LogP contribution in [0.5, 0.6) is 0 Å². The molecule has 2 rings (SSSR count). The van der Waals surface area contributed by atoms with Crippen LogP contribution in [0.2, 0.25) is 0 Å². The van der Waals surface area contributed by atoms with Crippen LogP contribution in [0.1, 0.15) is 37.3 Å². The molecule has 1 aromatic rings. The van der Waals surface area contributed by atoms with Crippen molar-refractivity contribution in [3.05, 3.63) is 17.7 Å². The Morgan fingerprint density at radius 2 is 2.29 bits per heavy atom. The van der Waals surface area contributed by atoms with Gasteiger partial charge in [-0.15, -0.1) is 0 Å². The molecule has 3 nitrogen and oxygen atoms in total. The summed E-state index contributed by atoms with van der Waals surface area (Å²) in [6.07, 6.45) is -1.57. The fraction of sp³-hybridized carbons (Fsp3) is 0.727. The molecule has 0 radical (unpaired) electrons. The Balaban J connectivity index is 2.25. The van der Waals surface area contributed by atoms with E-state index in [0.717, 1.165) is 25.1 Å². The highest BCUT2D eigenvalue weighted by Gasteiger charge is 2.35. The number of hydrogen-bond donors (Lipinski definition) is 1. The number of nitrogens with one attached hydrogen (secondary N) is 1. The van der Waals surface area contributed by atoms with Gasteiger partial charge in [0.05, 0.1) is 18.2 Å². The Kier molecular flexibility index (Phi) is 3.42. The first kappa shape index (κ1) is 12.4. The lowest BCUT2D eigenvalue weighted by Gasteiger charge is -2.17. The Bertz CT molecular complexity index is 384. The first-order chi connectivity index (χ1) is 7.99. The minimum atomic E-state index is -4.16. The minimum Gasteiger partial charge on any atom is -0.333 e. The molecule has 0 fully saturated rings. The first-order valence-electron chi connectivity index (χ1n) is 5.85. The molecular weight excluding hydrogens is 231 g/mol. The van der Waals surface area contributed by atoms with E-state index in [1.807, 2.05) is 17.7 Å². The van der Waals surface area contributed by atoms with Crippen LogP contribution in [0.4, 0.5) is 13.2 Å². The highest BCUT2D eigenvalue weighted by atomic mass is 19.4. The summed E-state index contributed by atoms with van der Waals surface area (Å²) in [6, 6.07) is -0.710. The van der Waals surface area contributed by atoms with Gasteiger partial charge in [-0.2, -0.15) is 13.2 Å². The number of halogens is 3. The molecule has 96 valence electrons. The van der Waals surface area contributed by atoms with Crippen LogP contribution in [-0.4, -0.2) is 22.3 Å². The molecule has 2 heterocycles. The highest BCUT2D eigenvalue weighted by Crippen LogP contribution is 2.30. The van der Waals surface area contributed by atoms with E-state index >= 15 is 0 Å². The number of imidazole rings is 1. The van der Waals surface area contributed by atoms with E-state index in [1.165, 1.54) is 0 Å². The average molecular weight is 247 g/mol. The molecule has 0 saturated carbocycles. The molecule has 0 bridgehead atoms. The maximum Gasteiger partial charge on any atom is 0.391 e. The molecule has 0 saturated heterocycles. The number of aryl methyl sites for hydroxylation is 2. The summed E-state index contributed by atoms with van der Waals surface area (Å²) < 4.78 is 39.3. The van der Waals surface area contributed by atoms with Gasteiger partial charge in [0.15, 0.2) is 0 Å². The monoisotopic (exact) mass is 247 g/mol. The average Bonchev–Trinajstić information content (AvgIpc) is 2.56. The van der Waals surface area contributed by atoms with Crippen molar-refractivity contribution in [3.63, 3.8) is 0 Å². The molecule has 0 spiro atoms. The van der Waals surface area contributed by atoms with E-state index in [-0.39, 0.29) is 0 Å². The normalized spacial score (nSPS) is 21.1. The lowest BCUT2D eigenvalue weighted by Crippen LogP contribution is -2.27. The second-order valence-corrected chi connectivity index (χ2v) is 4.32. The maximum absolute atomic E-state index is 12.5. The predicted octanol–water partition coefficient (Wildman–Crippen LogP) is 2.43. The van der Waals surface area contributed by atoms with Crippen LogP contribution in [0.15, 0.2) is 6.20 Å². The van der Waals surface area contributed by atoms with Gasteiger partial charge in [-0.25, -0.2) is 4.98 Å². The fourth-order valence-corrected chi connectivity index (χ4v) is 2.13. The maximum atomic E-state index is 12.5. The Hall–Kier alpha value is -1.04. The van der Waals surface area contributed by atoms with E-state index in [4.69, 9.17) is 0 Å². The number of alkyl halides is 3. The largest absolute Gasteiger partial charge is 0.391 e. The summed E-state index contributed by atoms with van der Waals surface area (Å²) in [6.45, 7) is 3.30. The Morgan fingerprint density at radius 1 is 1.53 bits per heavy atom. The van der Waals surface area contributed by atoms with Crippen LogP contribution >= 0.6 is 0 Å². The lowest BCUT2D eigenvalue weighted by molar-refractivity contribution is -0.140. The third kappa shape index (κ3) is 3.00. The minimum absolute atomic E-state index is 0.525. The van der Waals surface area contributed by atoms with Gasteiger partial charge in [-0.1, -0.05) is 6.92 Å². The van der Waals surface area contributed by atoms with Crippen LogP contribution in [0.25, 0.3) is 0 Å². The quantitative estimate of drug-likeness (QED) is 0.869. The van der Waals surface area contributed by atoms with Gasteiger partial charge in [0, 0.05) is 12.7 Å². The van der Waals surface area contributed by atoms with E-state index < -0.39 is 18.6 Å². The zero-order valence-corrected chi connectivity index (χ0v) is 9.72. The van der Waals surface area contributed by atoms with E-state index in [9.17, 15) is 13.2 Å². The zero-order valence-electron chi connectivity index (χ0n) is 9.72. The van der Waals surface area contributed by atoms with Crippen molar-refractivity contribution in [2.75, 3.05) is 6.54 Å². The van der Waals surface area contributed by atoms with Crippen molar-refractivity contribution >= 4 is 0 Å². The number of rotatable bonds is 2. The summed E-state index contributed by atoms with van der Waals surface area (Å²) in [5.74, 6) is 0.525. The molecule has 0 aromatic carbocycles. The standard InChI is InChI=1S/C11H16F3N3/c1-2-8-7-17-5-3-4-15-9(10(17)16-8)6-11(12,13)14/h7,9,15H,2-6H2,1H3. The SMILES string of the molecule is CCc1cn2c(n1)C(CC(F)(F)F)NCCC2. The molecule has 0 aliphatic carbocycles. The summed E-state index contributed by atoms with van der Waals surface area (Å²) >= 11 is 0. The smallest absolute Gasteiger partial charge is 0.333 e. The number of nitrogens with zero attached hydrogens (tertiary/aromatic N) is 2. The molecular formula is C11H16F3N3. The molecule has 1 aromatic heterocycles. The van der Waals surface area contributed by atoms with Crippen LogP contribution in [0.3, 0.4) is 0 Å². The molecule has 1 unspecified atom stereocenters. The summed E-state index contributed by atoms with van der Waals surface area (Å²) in [5.41, 5.74) is 0.857. The Morgan fingerprint density at radius 3 is 2.94 bits per heavy atom. The van der Waals surface area contributed by atoms with Crippen molar-refractivity contribution in [2.45, 2.75) is 44.9 Å². The third-order valence-corrected chi connectivity index (χ3v) is 2.93. The van der Waals surface area contributed by atoms with Gasteiger partial charge in [-0.3, -0.25) is 0 Å². The Labute approximate surface area is 98.0 Å².